The highest BCUT2D eigenvalue weighted by Gasteiger charge is 2.44. The van der Waals surface area contributed by atoms with Gasteiger partial charge in [-0.25, -0.2) is 0 Å². The van der Waals surface area contributed by atoms with Crippen LogP contribution in [-0.2, 0) is 28.5 Å². The minimum Gasteiger partial charge on any atom is -0.462 e. The summed E-state index contributed by atoms with van der Waals surface area (Å²) >= 11 is 0. The van der Waals surface area contributed by atoms with Gasteiger partial charge in [-0.3, -0.25) is 9.59 Å². The Balaban J connectivity index is 2.35. The maximum atomic E-state index is 12.7. The van der Waals surface area contributed by atoms with Gasteiger partial charge in [0, 0.05) is 12.8 Å². The van der Waals surface area contributed by atoms with Crippen molar-refractivity contribution in [1.29, 1.82) is 0 Å². The van der Waals surface area contributed by atoms with Crippen LogP contribution in [0.25, 0.3) is 0 Å². The number of ether oxygens (including phenoxy) is 4. The van der Waals surface area contributed by atoms with Crippen molar-refractivity contribution in [3.05, 3.63) is 24.3 Å². The molecule has 0 saturated carbocycles. The van der Waals surface area contributed by atoms with Crippen LogP contribution in [0, 0.1) is 0 Å². The second-order valence-corrected chi connectivity index (χ2v) is 15.5. The van der Waals surface area contributed by atoms with Crippen molar-refractivity contribution in [2.24, 2.45) is 0 Å². The van der Waals surface area contributed by atoms with Crippen molar-refractivity contribution in [2.45, 2.75) is 230 Å². The molecule has 322 valence electrons. The molecule has 0 aromatic heterocycles. The Hall–Kier alpha value is -1.82. The van der Waals surface area contributed by atoms with E-state index in [0.717, 1.165) is 57.8 Å². The molecule has 0 aromatic carbocycles. The summed E-state index contributed by atoms with van der Waals surface area (Å²) in [4.78, 5) is 25.3. The molecule has 10 heteroatoms. The van der Waals surface area contributed by atoms with E-state index in [1.807, 2.05) is 0 Å². The minimum atomic E-state index is -1.60. The third kappa shape index (κ3) is 28.3. The van der Waals surface area contributed by atoms with Gasteiger partial charge < -0.3 is 39.4 Å². The summed E-state index contributed by atoms with van der Waals surface area (Å²) < 4.78 is 22.1. The Morgan fingerprint density at radius 1 is 0.545 bits per heavy atom. The van der Waals surface area contributed by atoms with E-state index in [-0.39, 0.29) is 32.0 Å². The maximum Gasteiger partial charge on any atom is 0.306 e. The number of unbranched alkanes of at least 4 members (excludes halogenated alkanes) is 22. The molecule has 1 aliphatic heterocycles. The largest absolute Gasteiger partial charge is 0.462 e. The van der Waals surface area contributed by atoms with E-state index in [9.17, 15) is 30.0 Å². The number of rotatable bonds is 37. The molecule has 6 atom stereocenters. The molecule has 2 unspecified atom stereocenters. The molecule has 0 aromatic rings. The lowest BCUT2D eigenvalue weighted by atomic mass is 9.99. The van der Waals surface area contributed by atoms with Crippen LogP contribution in [-0.4, -0.2) is 89.0 Å². The van der Waals surface area contributed by atoms with Crippen molar-refractivity contribution in [3.8, 4) is 0 Å². The molecule has 0 radical (unpaired) electrons. The van der Waals surface area contributed by atoms with Crippen LogP contribution in [0.2, 0.25) is 0 Å². The Morgan fingerprint density at radius 2 is 0.964 bits per heavy atom. The standard InChI is InChI=1S/C45H82O10/c1-3-5-7-9-11-13-15-17-19-21-23-25-27-29-31-33-40(47)52-36-38(37-53-45-44(51)43(50)42(49)39(35-46)55-45)54-41(48)34-32-30-28-26-24-22-20-18-16-14-12-10-8-6-4-2/h17,19,22,24,38-39,42-46,49-51H,3-16,18,20-21,23,25-37H2,1-2H3/b19-17+,24-22+/t38-,39-,42+,43?,44?,45-/m0/s1. The first kappa shape index (κ1) is 51.2. The third-order valence-electron chi connectivity index (χ3n) is 10.3. The molecule has 1 aliphatic rings. The monoisotopic (exact) mass is 783 g/mol. The number of allylic oxidation sites excluding steroid dienone is 4. The van der Waals surface area contributed by atoms with E-state index in [1.165, 1.54) is 96.3 Å². The second-order valence-electron chi connectivity index (χ2n) is 15.5. The van der Waals surface area contributed by atoms with Crippen LogP contribution in [0.3, 0.4) is 0 Å². The van der Waals surface area contributed by atoms with E-state index in [4.69, 9.17) is 18.9 Å². The molecule has 55 heavy (non-hydrogen) atoms. The van der Waals surface area contributed by atoms with E-state index in [1.54, 1.807) is 0 Å². The molecule has 10 nitrogen and oxygen atoms in total. The quantitative estimate of drug-likeness (QED) is 0.0273. The number of hydrogen-bond donors (Lipinski definition) is 4. The van der Waals surface area contributed by atoms with Gasteiger partial charge in [0.2, 0.25) is 0 Å². The molecule has 0 bridgehead atoms. The van der Waals surface area contributed by atoms with Crippen molar-refractivity contribution in [3.63, 3.8) is 0 Å². The molecule has 1 fully saturated rings. The summed E-state index contributed by atoms with van der Waals surface area (Å²) in [6.45, 7) is 3.40. The van der Waals surface area contributed by atoms with Crippen molar-refractivity contribution in [2.75, 3.05) is 19.8 Å². The van der Waals surface area contributed by atoms with Crippen LogP contribution < -0.4 is 0 Å². The molecule has 0 aliphatic carbocycles. The SMILES string of the molecule is CCCCCCCC/C=C/CCCCCCCC(=O)OC[C@@H](CO[C@H]1O[C@@H](CO)[C@@H](O)C(O)C1O)OC(=O)CCCCC/C=C/CCCCCCCCCC. The number of esters is 2. The second kappa shape index (κ2) is 36.5. The molecule has 4 N–H and O–H groups in total. The van der Waals surface area contributed by atoms with Crippen LogP contribution in [0.4, 0.5) is 0 Å². The summed E-state index contributed by atoms with van der Waals surface area (Å²) in [5.41, 5.74) is 0. The lowest BCUT2D eigenvalue weighted by molar-refractivity contribution is -0.305. The first-order valence-electron chi connectivity index (χ1n) is 22.4. The fourth-order valence-corrected chi connectivity index (χ4v) is 6.71. The zero-order chi connectivity index (χ0) is 40.2. The highest BCUT2D eigenvalue weighted by molar-refractivity contribution is 5.70. The molecule has 0 spiro atoms. The zero-order valence-corrected chi connectivity index (χ0v) is 34.9. The topological polar surface area (TPSA) is 152 Å². The number of aliphatic hydroxyl groups excluding tert-OH is 4. The van der Waals surface area contributed by atoms with Gasteiger partial charge in [0.25, 0.3) is 0 Å². The van der Waals surface area contributed by atoms with E-state index in [0.29, 0.717) is 12.8 Å². The smallest absolute Gasteiger partial charge is 0.306 e. The van der Waals surface area contributed by atoms with Crippen molar-refractivity contribution in [1.82, 2.24) is 0 Å². The molecular weight excluding hydrogens is 700 g/mol. The first-order chi connectivity index (χ1) is 26.8. The van der Waals surface area contributed by atoms with Gasteiger partial charge in [-0.1, -0.05) is 141 Å². The third-order valence-corrected chi connectivity index (χ3v) is 10.3. The van der Waals surface area contributed by atoms with Gasteiger partial charge in [-0.05, 0) is 64.2 Å². The fourth-order valence-electron chi connectivity index (χ4n) is 6.71. The zero-order valence-electron chi connectivity index (χ0n) is 34.9. The van der Waals surface area contributed by atoms with Gasteiger partial charge in [-0.15, -0.1) is 0 Å². The molecule has 1 rings (SSSR count). The predicted octanol–water partition coefficient (Wildman–Crippen LogP) is 9.33. The Kier molecular flexibility index (Phi) is 34.0. The first-order valence-corrected chi connectivity index (χ1v) is 22.4. The summed E-state index contributed by atoms with van der Waals surface area (Å²) in [5.74, 6) is -0.831. The highest BCUT2D eigenvalue weighted by Crippen LogP contribution is 2.22. The van der Waals surface area contributed by atoms with Gasteiger partial charge >= 0.3 is 11.9 Å². The predicted molar refractivity (Wildman–Crippen MR) is 219 cm³/mol. The Morgan fingerprint density at radius 3 is 1.44 bits per heavy atom. The summed E-state index contributed by atoms with van der Waals surface area (Å²) in [6.07, 6.45) is 31.8. The molecule has 1 saturated heterocycles. The highest BCUT2D eigenvalue weighted by atomic mass is 16.7. The van der Waals surface area contributed by atoms with Crippen molar-refractivity contribution < 1.29 is 49.0 Å². The number of carbonyl (C=O) groups is 2. The summed E-state index contributed by atoms with van der Waals surface area (Å²) in [7, 11) is 0. The number of hydrogen-bond acceptors (Lipinski definition) is 10. The van der Waals surface area contributed by atoms with Crippen LogP contribution in [0.5, 0.6) is 0 Å². The van der Waals surface area contributed by atoms with Crippen LogP contribution in [0.1, 0.15) is 194 Å². The van der Waals surface area contributed by atoms with Crippen molar-refractivity contribution >= 4 is 11.9 Å². The van der Waals surface area contributed by atoms with E-state index < -0.39 is 49.4 Å². The van der Waals surface area contributed by atoms with Crippen LogP contribution in [0.15, 0.2) is 24.3 Å². The van der Waals surface area contributed by atoms with Gasteiger partial charge in [0.15, 0.2) is 12.4 Å². The molecular formula is C45H82O10. The Bertz CT molecular complexity index is 954. The minimum absolute atomic E-state index is 0.210. The Labute approximate surface area is 334 Å². The molecule has 1 heterocycles. The van der Waals surface area contributed by atoms with Crippen LogP contribution >= 0.6 is 0 Å². The maximum absolute atomic E-state index is 12.7. The van der Waals surface area contributed by atoms with E-state index >= 15 is 0 Å². The van der Waals surface area contributed by atoms with Gasteiger partial charge in [0.05, 0.1) is 13.2 Å². The number of carbonyl (C=O) groups excluding carboxylic acids is 2. The summed E-state index contributed by atoms with van der Waals surface area (Å²) in [5, 5.41) is 40.0. The average Bonchev–Trinajstić information content (AvgIpc) is 3.18. The van der Waals surface area contributed by atoms with Gasteiger partial charge in [0.1, 0.15) is 31.0 Å². The molecule has 0 amide bonds. The average molecular weight is 783 g/mol. The lowest BCUT2D eigenvalue weighted by Crippen LogP contribution is -2.59. The summed E-state index contributed by atoms with van der Waals surface area (Å²) in [6, 6.07) is 0. The van der Waals surface area contributed by atoms with E-state index in [2.05, 4.69) is 38.2 Å². The van der Waals surface area contributed by atoms with Gasteiger partial charge in [-0.2, -0.15) is 0 Å². The normalized spacial score (nSPS) is 20.7. The fraction of sp³-hybridized carbons (Fsp3) is 0.867. The lowest BCUT2D eigenvalue weighted by Gasteiger charge is -2.39. The number of aliphatic hydroxyl groups is 4.